The summed E-state index contributed by atoms with van der Waals surface area (Å²) in [7, 11) is 4.51. The van der Waals surface area contributed by atoms with Crippen LogP contribution in [0.15, 0.2) is 21.9 Å². The lowest BCUT2D eigenvalue weighted by Gasteiger charge is -2.14. The van der Waals surface area contributed by atoms with Crippen LogP contribution in [0.2, 0.25) is 0 Å². The van der Waals surface area contributed by atoms with Crippen molar-refractivity contribution in [3.8, 4) is 11.4 Å². The number of anilines is 1. The van der Waals surface area contributed by atoms with E-state index in [0.29, 0.717) is 28.0 Å². The highest BCUT2D eigenvalue weighted by Crippen LogP contribution is 2.35. The van der Waals surface area contributed by atoms with E-state index in [1.165, 1.54) is 23.8 Å². The van der Waals surface area contributed by atoms with Gasteiger partial charge in [-0.3, -0.25) is 14.2 Å². The van der Waals surface area contributed by atoms with Crippen LogP contribution in [0.5, 0.6) is 0 Å². The second kappa shape index (κ2) is 11.5. The maximum atomic E-state index is 12.9. The lowest BCUT2D eigenvalue weighted by molar-refractivity contribution is -0.113. The van der Waals surface area contributed by atoms with Crippen molar-refractivity contribution in [3.05, 3.63) is 34.1 Å². The average molecular weight is 548 g/mol. The first-order valence-corrected chi connectivity index (χ1v) is 13.5. The van der Waals surface area contributed by atoms with Gasteiger partial charge in [0.15, 0.2) is 11.0 Å². The zero-order chi connectivity index (χ0) is 26.7. The molecule has 1 atom stereocenters. The first-order chi connectivity index (χ1) is 17.7. The van der Waals surface area contributed by atoms with Crippen molar-refractivity contribution in [1.29, 1.82) is 0 Å². The third-order valence-electron chi connectivity index (χ3n) is 5.95. The summed E-state index contributed by atoms with van der Waals surface area (Å²) in [5.41, 5.74) is 1.47. The highest BCUT2D eigenvalue weighted by Gasteiger charge is 2.28. The third kappa shape index (κ3) is 5.73. The summed E-state index contributed by atoms with van der Waals surface area (Å²) in [6, 6.07) is 1.84. The molecule has 198 valence electrons. The van der Waals surface area contributed by atoms with Gasteiger partial charge in [-0.15, -0.1) is 21.5 Å². The summed E-state index contributed by atoms with van der Waals surface area (Å²) in [5, 5.41) is 12.3. The van der Waals surface area contributed by atoms with Gasteiger partial charge in [0.25, 0.3) is 5.91 Å². The summed E-state index contributed by atoms with van der Waals surface area (Å²) in [4.78, 5) is 39.7. The van der Waals surface area contributed by atoms with Crippen molar-refractivity contribution in [2.24, 2.45) is 0 Å². The molecule has 11 nitrogen and oxygen atoms in total. The minimum atomic E-state index is -0.620. The van der Waals surface area contributed by atoms with Crippen molar-refractivity contribution in [2.45, 2.75) is 44.5 Å². The fraction of sp³-hybridized carbons (Fsp3) is 0.458. The molecular weight excluding hydrogens is 518 g/mol. The Balaban J connectivity index is 1.54. The molecule has 4 rings (SSSR count). The van der Waals surface area contributed by atoms with Crippen LogP contribution in [0, 0.1) is 13.8 Å². The number of hydrogen-bond donors (Lipinski definition) is 1. The average Bonchev–Trinajstić information content (AvgIpc) is 3.66. The Morgan fingerprint density at radius 2 is 2.08 bits per heavy atom. The van der Waals surface area contributed by atoms with Gasteiger partial charge >= 0.3 is 5.97 Å². The molecule has 0 aliphatic carbocycles. The van der Waals surface area contributed by atoms with Crippen LogP contribution in [0.1, 0.15) is 44.2 Å². The number of furan rings is 1. The van der Waals surface area contributed by atoms with Gasteiger partial charge in [0, 0.05) is 20.7 Å². The van der Waals surface area contributed by atoms with Gasteiger partial charge in [-0.2, -0.15) is 0 Å². The summed E-state index contributed by atoms with van der Waals surface area (Å²) < 4.78 is 18.1. The standard InChI is InChI=1S/C24H29N5O6S2/c1-13-18(23(32)33-5)21(37-19(13)22(31)28(3)4)25-17(30)12-36-24-27-26-20(16-8-10-34-14(16)2)29(24)11-15-7-6-9-35-15/h8,10,15H,6-7,9,11-12H2,1-5H3,(H,25,30). The van der Waals surface area contributed by atoms with Crippen molar-refractivity contribution in [2.75, 3.05) is 38.9 Å². The van der Waals surface area contributed by atoms with Crippen molar-refractivity contribution < 1.29 is 28.3 Å². The van der Waals surface area contributed by atoms with Gasteiger partial charge in [-0.1, -0.05) is 11.8 Å². The number of nitrogens with one attached hydrogen (secondary N) is 1. The molecule has 1 saturated heterocycles. The zero-order valence-electron chi connectivity index (χ0n) is 21.3. The number of thioether (sulfide) groups is 1. The number of amides is 2. The Hall–Kier alpha value is -3.16. The molecule has 4 heterocycles. The van der Waals surface area contributed by atoms with Crippen LogP contribution >= 0.6 is 23.1 Å². The number of nitrogens with zero attached hydrogens (tertiary/aromatic N) is 4. The number of carbonyl (C=O) groups is 3. The van der Waals surface area contributed by atoms with E-state index in [4.69, 9.17) is 13.9 Å². The first kappa shape index (κ1) is 26.9. The molecule has 1 aliphatic heterocycles. The number of carbonyl (C=O) groups excluding carboxylic acids is 3. The topological polar surface area (TPSA) is 129 Å². The molecular formula is C24H29N5O6S2. The summed E-state index contributed by atoms with van der Waals surface area (Å²) in [6.07, 6.45) is 3.58. The monoisotopic (exact) mass is 547 g/mol. The fourth-order valence-electron chi connectivity index (χ4n) is 4.02. The van der Waals surface area contributed by atoms with Crippen LogP contribution in [0.4, 0.5) is 5.00 Å². The Kier molecular flexibility index (Phi) is 8.35. The minimum Gasteiger partial charge on any atom is -0.469 e. The number of hydrogen-bond acceptors (Lipinski definition) is 10. The Morgan fingerprint density at radius 1 is 1.30 bits per heavy atom. The Labute approximate surface area is 222 Å². The van der Waals surface area contributed by atoms with Crippen molar-refractivity contribution in [1.82, 2.24) is 19.7 Å². The Bertz CT molecular complexity index is 1300. The number of ether oxygens (including phenoxy) is 2. The van der Waals surface area contributed by atoms with E-state index in [2.05, 4.69) is 15.5 Å². The van der Waals surface area contributed by atoms with Crippen LogP contribution in [0.25, 0.3) is 11.4 Å². The maximum absolute atomic E-state index is 12.9. The van der Waals surface area contributed by atoms with Gasteiger partial charge in [0.05, 0.1) is 47.8 Å². The highest BCUT2D eigenvalue weighted by atomic mass is 32.2. The second-order valence-corrected chi connectivity index (χ2v) is 10.7. The Morgan fingerprint density at radius 3 is 2.70 bits per heavy atom. The second-order valence-electron chi connectivity index (χ2n) is 8.73. The van der Waals surface area contributed by atoms with E-state index < -0.39 is 5.97 Å². The molecule has 0 saturated carbocycles. The van der Waals surface area contributed by atoms with Gasteiger partial charge in [0.2, 0.25) is 5.91 Å². The maximum Gasteiger partial charge on any atom is 0.341 e. The molecule has 2 amide bonds. The van der Waals surface area contributed by atoms with Crippen LogP contribution in [0.3, 0.4) is 0 Å². The normalized spacial score (nSPS) is 15.1. The van der Waals surface area contributed by atoms with Crippen LogP contribution in [-0.2, 0) is 20.8 Å². The number of aryl methyl sites for hydroxylation is 1. The number of rotatable bonds is 9. The number of methoxy groups -OCH3 is 1. The molecule has 1 unspecified atom stereocenters. The summed E-state index contributed by atoms with van der Waals surface area (Å²) >= 11 is 2.28. The van der Waals surface area contributed by atoms with Gasteiger partial charge < -0.3 is 24.1 Å². The molecule has 1 fully saturated rings. The lowest BCUT2D eigenvalue weighted by Crippen LogP contribution is -2.21. The SMILES string of the molecule is COC(=O)c1c(NC(=O)CSc2nnc(-c3ccoc3C)n2CC2CCCO2)sc(C(=O)N(C)C)c1C. The van der Waals surface area contributed by atoms with Crippen LogP contribution < -0.4 is 5.32 Å². The third-order valence-corrected chi connectivity index (χ3v) is 8.11. The van der Waals surface area contributed by atoms with Crippen molar-refractivity contribution in [3.63, 3.8) is 0 Å². The largest absolute Gasteiger partial charge is 0.469 e. The quantitative estimate of drug-likeness (QED) is 0.315. The molecule has 0 bridgehead atoms. The van der Waals surface area contributed by atoms with E-state index in [9.17, 15) is 14.4 Å². The zero-order valence-corrected chi connectivity index (χ0v) is 23.0. The molecule has 37 heavy (non-hydrogen) atoms. The molecule has 1 aliphatic rings. The van der Waals surface area contributed by atoms with E-state index in [1.54, 1.807) is 27.3 Å². The molecule has 3 aromatic heterocycles. The van der Waals surface area contributed by atoms with E-state index in [0.717, 1.165) is 42.1 Å². The number of thiophene rings is 1. The number of esters is 1. The predicted octanol–water partition coefficient (Wildman–Crippen LogP) is 3.61. The predicted molar refractivity (Wildman–Crippen MR) is 139 cm³/mol. The molecule has 0 aromatic carbocycles. The van der Waals surface area contributed by atoms with E-state index in [-0.39, 0.29) is 34.2 Å². The number of aromatic nitrogens is 3. The van der Waals surface area contributed by atoms with Crippen LogP contribution in [-0.4, -0.2) is 77.1 Å². The van der Waals surface area contributed by atoms with E-state index >= 15 is 0 Å². The molecule has 13 heteroatoms. The van der Waals surface area contributed by atoms with Gasteiger partial charge in [-0.25, -0.2) is 4.79 Å². The lowest BCUT2D eigenvalue weighted by atomic mass is 10.1. The summed E-state index contributed by atoms with van der Waals surface area (Å²) in [6.45, 7) is 4.80. The molecule has 0 radical (unpaired) electrons. The van der Waals surface area contributed by atoms with Crippen molar-refractivity contribution >= 4 is 45.9 Å². The van der Waals surface area contributed by atoms with Gasteiger partial charge in [-0.05, 0) is 38.3 Å². The summed E-state index contributed by atoms with van der Waals surface area (Å²) in [5.74, 6) is 0.161. The molecule has 1 N–H and O–H groups in total. The minimum absolute atomic E-state index is 0.0164. The molecule has 3 aromatic rings. The van der Waals surface area contributed by atoms with E-state index in [1.807, 2.05) is 17.6 Å². The smallest absolute Gasteiger partial charge is 0.341 e. The fourth-order valence-corrected chi connectivity index (χ4v) is 6.00. The van der Waals surface area contributed by atoms with Gasteiger partial charge in [0.1, 0.15) is 10.8 Å². The highest BCUT2D eigenvalue weighted by molar-refractivity contribution is 7.99. The first-order valence-electron chi connectivity index (χ1n) is 11.7. The molecule has 0 spiro atoms.